The fourth-order valence-corrected chi connectivity index (χ4v) is 2.98. The Balaban J connectivity index is 1.93. The maximum absolute atomic E-state index is 6.12. The van der Waals surface area contributed by atoms with Gasteiger partial charge in [-0.05, 0) is 0 Å². The first-order valence-electron chi connectivity index (χ1n) is 7.74. The van der Waals surface area contributed by atoms with Gasteiger partial charge in [-0.1, -0.05) is 0 Å². The lowest BCUT2D eigenvalue weighted by Gasteiger charge is -2.23. The normalized spacial score (nSPS) is 26.5. The Morgan fingerprint density at radius 2 is 2.04 bits per heavy atom. The Labute approximate surface area is 144 Å². The predicted octanol–water partition coefficient (Wildman–Crippen LogP) is -0.757. The first-order chi connectivity index (χ1) is 12.2. The summed E-state index contributed by atoms with van der Waals surface area (Å²) in [7, 11) is 3.20. The molecule has 0 bridgehead atoms. The van der Waals surface area contributed by atoms with Crippen molar-refractivity contribution >= 4 is 17.0 Å². The van der Waals surface area contributed by atoms with E-state index >= 15 is 0 Å². The van der Waals surface area contributed by atoms with E-state index < -0.39 is 12.3 Å². The van der Waals surface area contributed by atoms with Gasteiger partial charge in [0.2, 0.25) is 0 Å². The third-order valence-corrected chi connectivity index (χ3v) is 4.06. The first-order valence-corrected chi connectivity index (χ1v) is 7.74. The molecular weight excluding hydrogens is 332 g/mol. The van der Waals surface area contributed by atoms with E-state index in [-0.39, 0.29) is 25.4 Å². The molecule has 11 nitrogen and oxygen atoms in total. The van der Waals surface area contributed by atoms with Crippen molar-refractivity contribution in [2.24, 2.45) is 5.90 Å². The molecule has 11 heteroatoms. The molecule has 1 saturated heterocycles. The Kier molecular flexibility index (Phi) is 5.73. The van der Waals surface area contributed by atoms with E-state index in [1.165, 1.54) is 6.33 Å². The summed E-state index contributed by atoms with van der Waals surface area (Å²) in [5.41, 5.74) is 6.90. The number of hydrogen-bond donors (Lipinski definition) is 2. The molecule has 4 N–H and O–H groups in total. The maximum atomic E-state index is 6.12. The van der Waals surface area contributed by atoms with Crippen LogP contribution in [0.4, 0.5) is 5.82 Å². The fourth-order valence-electron chi connectivity index (χ4n) is 2.98. The fraction of sp³-hybridized carbons (Fsp3) is 0.643. The third kappa shape index (κ3) is 3.42. The number of nitrogens with zero attached hydrogens (tertiary/aromatic N) is 4. The van der Waals surface area contributed by atoms with Crippen molar-refractivity contribution in [3.63, 3.8) is 0 Å². The van der Waals surface area contributed by atoms with Gasteiger partial charge in [-0.15, -0.1) is 0 Å². The number of anilines is 1. The van der Waals surface area contributed by atoms with Crippen LogP contribution in [-0.4, -0.2) is 71.9 Å². The highest BCUT2D eigenvalue weighted by molar-refractivity contribution is 5.81. The van der Waals surface area contributed by atoms with E-state index in [4.69, 9.17) is 30.6 Å². The number of hydrogen-bond acceptors (Lipinski definition) is 10. The third-order valence-electron chi connectivity index (χ3n) is 4.06. The Morgan fingerprint density at radius 1 is 1.20 bits per heavy atom. The van der Waals surface area contributed by atoms with E-state index in [1.807, 2.05) is 0 Å². The Bertz CT molecular complexity index is 697. The lowest BCUT2D eigenvalue weighted by molar-refractivity contribution is -0.0851. The van der Waals surface area contributed by atoms with Crippen molar-refractivity contribution in [1.29, 1.82) is 0 Å². The van der Waals surface area contributed by atoms with Crippen LogP contribution in [-0.2, 0) is 23.8 Å². The molecule has 2 aromatic rings. The molecule has 0 amide bonds. The number of nitrogen functional groups attached to an aromatic ring is 1. The van der Waals surface area contributed by atoms with Gasteiger partial charge in [0, 0.05) is 14.2 Å². The van der Waals surface area contributed by atoms with Crippen molar-refractivity contribution in [2.45, 2.75) is 24.5 Å². The molecule has 3 heterocycles. The van der Waals surface area contributed by atoms with Crippen molar-refractivity contribution < 1.29 is 23.8 Å². The maximum Gasteiger partial charge on any atom is 0.167 e. The summed E-state index contributed by atoms with van der Waals surface area (Å²) >= 11 is 0. The van der Waals surface area contributed by atoms with Crippen LogP contribution in [0.1, 0.15) is 6.23 Å². The zero-order valence-corrected chi connectivity index (χ0v) is 14.1. The quantitative estimate of drug-likeness (QED) is 0.459. The van der Waals surface area contributed by atoms with E-state index in [9.17, 15) is 0 Å². The summed E-state index contributed by atoms with van der Waals surface area (Å²) in [6, 6.07) is 0. The summed E-state index contributed by atoms with van der Waals surface area (Å²) in [6.07, 6.45) is 1.34. The molecule has 3 rings (SSSR count). The lowest BCUT2D eigenvalue weighted by Crippen LogP contribution is -2.38. The standard InChI is InChI=1S/C14H22N6O5/c1-21-5-8-10(22-2)11(23-3-4-24-16)14(25-8)20-7-19-9-12(15)17-6-18-13(9)20/h6-8,10-11,14H,3-5,16H2,1-2H3,(H2,15,17,18)/t8-,10-,11-,14-/m1/s1. The predicted molar refractivity (Wildman–Crippen MR) is 86.2 cm³/mol. The van der Waals surface area contributed by atoms with Crippen LogP contribution in [0.3, 0.4) is 0 Å². The number of nitrogens with two attached hydrogens (primary N) is 2. The van der Waals surface area contributed by atoms with Crippen LogP contribution in [0.2, 0.25) is 0 Å². The van der Waals surface area contributed by atoms with Gasteiger partial charge in [-0.25, -0.2) is 20.8 Å². The van der Waals surface area contributed by atoms with E-state index in [0.29, 0.717) is 23.6 Å². The van der Waals surface area contributed by atoms with Gasteiger partial charge in [0.05, 0.1) is 26.1 Å². The van der Waals surface area contributed by atoms with Gasteiger partial charge < -0.3 is 29.5 Å². The van der Waals surface area contributed by atoms with Crippen LogP contribution in [0, 0.1) is 0 Å². The molecule has 4 atom stereocenters. The van der Waals surface area contributed by atoms with Gasteiger partial charge in [-0.2, -0.15) is 0 Å². The topological polar surface area (TPSA) is 142 Å². The minimum Gasteiger partial charge on any atom is -0.382 e. The minimum atomic E-state index is -0.526. The minimum absolute atomic E-state index is 0.244. The summed E-state index contributed by atoms with van der Waals surface area (Å²) in [6.45, 7) is 0.880. The average molecular weight is 354 g/mol. The highest BCUT2D eigenvalue weighted by atomic mass is 16.6. The molecule has 0 saturated carbocycles. The zero-order valence-electron chi connectivity index (χ0n) is 14.1. The molecule has 0 aliphatic carbocycles. The van der Waals surface area contributed by atoms with E-state index in [1.54, 1.807) is 25.1 Å². The summed E-state index contributed by atoms with van der Waals surface area (Å²) < 4.78 is 24.6. The molecule has 1 aliphatic heterocycles. The van der Waals surface area contributed by atoms with Gasteiger partial charge in [-0.3, -0.25) is 4.57 Å². The summed E-state index contributed by atoms with van der Waals surface area (Å²) in [5, 5.41) is 0. The Hall–Kier alpha value is -1.89. The van der Waals surface area contributed by atoms with Crippen LogP contribution in [0.25, 0.3) is 11.2 Å². The highest BCUT2D eigenvalue weighted by Gasteiger charge is 2.47. The molecular formula is C14H22N6O5. The SMILES string of the molecule is COC[C@H]1O[C@@H](n2cnc3c(N)ncnc32)[C@H](OCCON)[C@@H]1OC. The second-order valence-corrected chi connectivity index (χ2v) is 5.51. The van der Waals surface area contributed by atoms with Gasteiger partial charge in [0.15, 0.2) is 17.7 Å². The van der Waals surface area contributed by atoms with Gasteiger partial charge >= 0.3 is 0 Å². The van der Waals surface area contributed by atoms with Crippen LogP contribution >= 0.6 is 0 Å². The molecule has 25 heavy (non-hydrogen) atoms. The van der Waals surface area contributed by atoms with E-state index in [2.05, 4.69) is 19.8 Å². The molecule has 138 valence electrons. The average Bonchev–Trinajstić information content (AvgIpc) is 3.18. The molecule has 0 spiro atoms. The Morgan fingerprint density at radius 3 is 2.76 bits per heavy atom. The number of imidazole rings is 1. The molecule has 1 aliphatic rings. The van der Waals surface area contributed by atoms with Crippen molar-refractivity contribution in [3.8, 4) is 0 Å². The lowest BCUT2D eigenvalue weighted by atomic mass is 10.1. The van der Waals surface area contributed by atoms with E-state index in [0.717, 1.165) is 0 Å². The number of ether oxygens (including phenoxy) is 4. The van der Waals surface area contributed by atoms with Crippen molar-refractivity contribution in [2.75, 3.05) is 39.8 Å². The van der Waals surface area contributed by atoms with Crippen LogP contribution < -0.4 is 11.6 Å². The number of rotatable bonds is 8. The smallest absolute Gasteiger partial charge is 0.167 e. The number of fused-ring (bicyclic) bond motifs is 1. The number of methoxy groups -OCH3 is 2. The van der Waals surface area contributed by atoms with Crippen molar-refractivity contribution in [1.82, 2.24) is 19.5 Å². The highest BCUT2D eigenvalue weighted by Crippen LogP contribution is 2.35. The first kappa shape index (κ1) is 17.9. The summed E-state index contributed by atoms with van der Waals surface area (Å²) in [4.78, 5) is 17.0. The molecule has 0 aromatic carbocycles. The summed E-state index contributed by atoms with van der Waals surface area (Å²) in [5.74, 6) is 5.37. The van der Waals surface area contributed by atoms with Crippen LogP contribution in [0.15, 0.2) is 12.7 Å². The number of aromatic nitrogens is 4. The molecule has 0 unspecified atom stereocenters. The zero-order chi connectivity index (χ0) is 17.8. The monoisotopic (exact) mass is 354 g/mol. The second kappa shape index (κ2) is 7.99. The van der Waals surface area contributed by atoms with Crippen molar-refractivity contribution in [3.05, 3.63) is 12.7 Å². The van der Waals surface area contributed by atoms with Gasteiger partial charge in [0.1, 0.15) is 30.2 Å². The second-order valence-electron chi connectivity index (χ2n) is 5.51. The molecule has 1 fully saturated rings. The largest absolute Gasteiger partial charge is 0.382 e. The molecule has 0 radical (unpaired) electrons. The molecule has 2 aromatic heterocycles. The van der Waals surface area contributed by atoms with Gasteiger partial charge in [0.25, 0.3) is 0 Å². The van der Waals surface area contributed by atoms with Crippen LogP contribution in [0.5, 0.6) is 0 Å².